The smallest absolute Gasteiger partial charge is 0.309 e. The fraction of sp³-hybridized carbons (Fsp3) is 0.528. The SMILES string of the molecule is O=C(C[C@H]1CC=CCC[C@H](Cc2ccccc2)C(=O)OC[C@H](CC2CCCCC2)NC1=O)N[C@@H](CO)Cc1ccccc1. The molecule has 4 atom stereocenters. The lowest BCUT2D eigenvalue weighted by Crippen LogP contribution is -2.45. The predicted octanol–water partition coefficient (Wildman–Crippen LogP) is 5.31. The van der Waals surface area contributed by atoms with Crippen LogP contribution < -0.4 is 10.6 Å². The van der Waals surface area contributed by atoms with Crippen molar-refractivity contribution in [2.45, 2.75) is 89.1 Å². The van der Waals surface area contributed by atoms with Crippen LogP contribution in [0.3, 0.4) is 0 Å². The van der Waals surface area contributed by atoms with Crippen molar-refractivity contribution in [3.63, 3.8) is 0 Å². The van der Waals surface area contributed by atoms with Crippen molar-refractivity contribution < 1.29 is 24.2 Å². The van der Waals surface area contributed by atoms with Crippen molar-refractivity contribution >= 4 is 17.8 Å². The maximum atomic E-state index is 13.6. The molecule has 43 heavy (non-hydrogen) atoms. The second-order valence-electron chi connectivity index (χ2n) is 12.3. The number of hydrogen-bond donors (Lipinski definition) is 3. The van der Waals surface area contributed by atoms with E-state index in [2.05, 4.69) is 10.6 Å². The van der Waals surface area contributed by atoms with Gasteiger partial charge in [-0.25, -0.2) is 0 Å². The van der Waals surface area contributed by atoms with E-state index in [9.17, 15) is 19.5 Å². The van der Waals surface area contributed by atoms with Crippen molar-refractivity contribution in [1.82, 2.24) is 10.6 Å². The summed E-state index contributed by atoms with van der Waals surface area (Å²) in [5.74, 6) is -1.01. The summed E-state index contributed by atoms with van der Waals surface area (Å²) in [6, 6.07) is 19.0. The highest BCUT2D eigenvalue weighted by atomic mass is 16.5. The molecule has 0 saturated heterocycles. The second-order valence-corrected chi connectivity index (χ2v) is 12.3. The Kier molecular flexibility index (Phi) is 13.3. The number of cyclic esters (lactones) is 1. The van der Waals surface area contributed by atoms with Gasteiger partial charge in [-0.05, 0) is 55.6 Å². The molecule has 2 amide bonds. The highest BCUT2D eigenvalue weighted by molar-refractivity contribution is 5.86. The molecule has 3 N–H and O–H groups in total. The number of carbonyl (C=O) groups is 3. The van der Waals surface area contributed by atoms with E-state index in [4.69, 9.17) is 4.74 Å². The van der Waals surface area contributed by atoms with Gasteiger partial charge in [-0.3, -0.25) is 14.4 Å². The third-order valence-electron chi connectivity index (χ3n) is 8.76. The van der Waals surface area contributed by atoms with Gasteiger partial charge in [-0.2, -0.15) is 0 Å². The van der Waals surface area contributed by atoms with Gasteiger partial charge in [0.15, 0.2) is 0 Å². The molecule has 2 aliphatic rings. The molecular formula is C36H48N2O5. The highest BCUT2D eigenvalue weighted by Crippen LogP contribution is 2.28. The van der Waals surface area contributed by atoms with Crippen LogP contribution in [0.25, 0.3) is 0 Å². The van der Waals surface area contributed by atoms with E-state index >= 15 is 0 Å². The van der Waals surface area contributed by atoms with Crippen LogP contribution in [0.5, 0.6) is 0 Å². The number of aliphatic hydroxyl groups is 1. The van der Waals surface area contributed by atoms with Crippen LogP contribution >= 0.6 is 0 Å². The Morgan fingerprint density at radius 1 is 0.907 bits per heavy atom. The number of allylic oxidation sites excluding steroid dienone is 2. The Morgan fingerprint density at radius 3 is 2.30 bits per heavy atom. The van der Waals surface area contributed by atoms with Crippen molar-refractivity contribution in [1.29, 1.82) is 0 Å². The average molecular weight is 589 g/mol. The monoisotopic (exact) mass is 588 g/mol. The number of esters is 1. The third kappa shape index (κ3) is 11.3. The zero-order valence-corrected chi connectivity index (χ0v) is 25.3. The number of aliphatic hydroxyl groups excluding tert-OH is 1. The van der Waals surface area contributed by atoms with Crippen LogP contribution in [0, 0.1) is 17.8 Å². The lowest BCUT2D eigenvalue weighted by atomic mass is 9.84. The second kappa shape index (κ2) is 17.6. The zero-order chi connectivity index (χ0) is 30.3. The number of rotatable bonds is 10. The van der Waals surface area contributed by atoms with Gasteiger partial charge in [-0.1, -0.05) is 105 Å². The van der Waals surface area contributed by atoms with Gasteiger partial charge in [0.1, 0.15) is 6.61 Å². The molecular weight excluding hydrogens is 540 g/mol. The predicted molar refractivity (Wildman–Crippen MR) is 168 cm³/mol. The molecule has 1 aliphatic heterocycles. The Morgan fingerprint density at radius 2 is 1.60 bits per heavy atom. The van der Waals surface area contributed by atoms with Gasteiger partial charge in [0, 0.05) is 6.42 Å². The quantitative estimate of drug-likeness (QED) is 0.258. The largest absolute Gasteiger partial charge is 0.463 e. The number of ether oxygens (including phenoxy) is 1. The average Bonchev–Trinajstić information content (AvgIpc) is 3.03. The number of benzene rings is 2. The fourth-order valence-electron chi connectivity index (χ4n) is 6.34. The highest BCUT2D eigenvalue weighted by Gasteiger charge is 2.29. The first-order valence-electron chi connectivity index (χ1n) is 16.1. The summed E-state index contributed by atoms with van der Waals surface area (Å²) >= 11 is 0. The molecule has 232 valence electrons. The van der Waals surface area contributed by atoms with Crippen LogP contribution in [0.4, 0.5) is 0 Å². The van der Waals surface area contributed by atoms with Crippen molar-refractivity contribution in [3.8, 4) is 0 Å². The summed E-state index contributed by atoms with van der Waals surface area (Å²) in [7, 11) is 0. The van der Waals surface area contributed by atoms with Gasteiger partial charge in [0.2, 0.25) is 11.8 Å². The van der Waals surface area contributed by atoms with E-state index in [-0.39, 0.29) is 49.4 Å². The summed E-state index contributed by atoms with van der Waals surface area (Å²) in [5.41, 5.74) is 2.12. The lowest BCUT2D eigenvalue weighted by Gasteiger charge is -2.28. The minimum absolute atomic E-state index is 0.0219. The molecule has 0 bridgehead atoms. The Hall–Kier alpha value is -3.45. The molecule has 4 rings (SSSR count). The molecule has 0 radical (unpaired) electrons. The van der Waals surface area contributed by atoms with Crippen LogP contribution in [-0.4, -0.2) is 48.2 Å². The molecule has 1 fully saturated rings. The molecule has 2 aromatic rings. The molecule has 0 spiro atoms. The van der Waals surface area contributed by atoms with Gasteiger partial charge in [0.05, 0.1) is 30.5 Å². The topological polar surface area (TPSA) is 105 Å². The fourth-order valence-corrected chi connectivity index (χ4v) is 6.34. The van der Waals surface area contributed by atoms with Gasteiger partial charge in [0.25, 0.3) is 0 Å². The first kappa shape index (κ1) is 32.5. The van der Waals surface area contributed by atoms with Crippen LogP contribution in [0.2, 0.25) is 0 Å². The number of amides is 2. The molecule has 2 aromatic carbocycles. The van der Waals surface area contributed by atoms with E-state index in [0.29, 0.717) is 38.0 Å². The summed E-state index contributed by atoms with van der Waals surface area (Å²) in [5, 5.41) is 16.0. The minimum atomic E-state index is -0.558. The van der Waals surface area contributed by atoms with E-state index in [1.807, 2.05) is 72.8 Å². The van der Waals surface area contributed by atoms with E-state index in [1.165, 1.54) is 19.3 Å². The van der Waals surface area contributed by atoms with Crippen molar-refractivity contribution in [2.75, 3.05) is 13.2 Å². The van der Waals surface area contributed by atoms with Gasteiger partial charge < -0.3 is 20.5 Å². The summed E-state index contributed by atoms with van der Waals surface area (Å²) in [6.45, 7) is -0.0429. The number of carbonyl (C=O) groups excluding carboxylic acids is 3. The van der Waals surface area contributed by atoms with E-state index in [0.717, 1.165) is 30.4 Å². The van der Waals surface area contributed by atoms with E-state index < -0.39 is 12.0 Å². The normalized spacial score (nSPS) is 23.1. The lowest BCUT2D eigenvalue weighted by molar-refractivity contribution is -0.150. The van der Waals surface area contributed by atoms with Crippen LogP contribution in [0.15, 0.2) is 72.8 Å². The summed E-state index contributed by atoms with van der Waals surface area (Å²) in [6.07, 6.45) is 13.5. The molecule has 0 unspecified atom stereocenters. The Labute approximate surface area is 256 Å². The van der Waals surface area contributed by atoms with E-state index in [1.54, 1.807) is 0 Å². The van der Waals surface area contributed by atoms with Crippen LogP contribution in [0.1, 0.15) is 75.3 Å². The maximum Gasteiger partial charge on any atom is 0.309 e. The number of nitrogens with one attached hydrogen (secondary N) is 2. The third-order valence-corrected chi connectivity index (χ3v) is 8.76. The van der Waals surface area contributed by atoms with Crippen molar-refractivity contribution in [2.24, 2.45) is 17.8 Å². The zero-order valence-electron chi connectivity index (χ0n) is 25.3. The Bertz CT molecular complexity index is 1160. The minimum Gasteiger partial charge on any atom is -0.463 e. The molecule has 7 heteroatoms. The number of hydrogen-bond acceptors (Lipinski definition) is 5. The van der Waals surface area contributed by atoms with Crippen molar-refractivity contribution in [3.05, 3.63) is 83.9 Å². The maximum absolute atomic E-state index is 13.6. The molecule has 7 nitrogen and oxygen atoms in total. The molecule has 1 heterocycles. The molecule has 0 aromatic heterocycles. The standard InChI is InChI=1S/C36H48N2O5/c39-25-32(22-28-15-7-2-8-16-28)37-34(40)24-30-19-11-4-12-20-31(21-27-13-5-1-6-14-27)36(42)43-26-33(38-35(30)41)23-29-17-9-3-10-18-29/h1-2,4-8,11,13-16,29-33,39H,3,9-10,12,17-26H2,(H,37,40)(H,38,41)/t30-,31-,32-,33+/m1/s1. The van der Waals surface area contributed by atoms with Crippen LogP contribution in [-0.2, 0) is 32.0 Å². The van der Waals surface area contributed by atoms with Gasteiger partial charge in [-0.15, -0.1) is 0 Å². The first-order valence-corrected chi connectivity index (χ1v) is 16.1. The Balaban J connectivity index is 1.44. The summed E-state index contributed by atoms with van der Waals surface area (Å²) < 4.78 is 5.90. The summed E-state index contributed by atoms with van der Waals surface area (Å²) in [4.78, 5) is 40.0. The molecule has 1 saturated carbocycles. The van der Waals surface area contributed by atoms with Gasteiger partial charge >= 0.3 is 5.97 Å². The first-order chi connectivity index (χ1) is 21.0. The molecule has 1 aliphatic carbocycles.